The maximum atomic E-state index is 12.5. The van der Waals surface area contributed by atoms with Gasteiger partial charge in [-0.2, -0.15) is 0 Å². The summed E-state index contributed by atoms with van der Waals surface area (Å²) in [5.41, 5.74) is 4.86. The van der Waals surface area contributed by atoms with E-state index in [4.69, 9.17) is 4.74 Å². The molecule has 0 bridgehead atoms. The van der Waals surface area contributed by atoms with Crippen molar-refractivity contribution >= 4 is 17.3 Å². The van der Waals surface area contributed by atoms with Crippen LogP contribution in [0.15, 0.2) is 11.9 Å². The summed E-state index contributed by atoms with van der Waals surface area (Å²) in [6.45, 7) is 4.04. The zero-order valence-electron chi connectivity index (χ0n) is 20.0. The van der Waals surface area contributed by atoms with Gasteiger partial charge in [0.15, 0.2) is 0 Å². The minimum atomic E-state index is 0.139. The monoisotopic (exact) mass is 452 g/mol. The summed E-state index contributed by atoms with van der Waals surface area (Å²) in [5, 5.41) is 0. The molecule has 5 rings (SSSR count). The van der Waals surface area contributed by atoms with Gasteiger partial charge in [-0.05, 0) is 76.8 Å². The van der Waals surface area contributed by atoms with Crippen LogP contribution in [0.4, 0.5) is 0 Å². The molecule has 2 heterocycles. The van der Waals surface area contributed by atoms with Crippen LogP contribution in [0.5, 0.6) is 5.88 Å². The highest BCUT2D eigenvalue weighted by Gasteiger charge is 2.37. The SMILES string of the molecule is CC(=O)C[C@H]1CCC2=C1c1c(ncnc1OC1CCC(N(C)CC(=O)N3CCCC3)CC1)C2. The van der Waals surface area contributed by atoms with Crippen LogP contribution in [0.2, 0.25) is 0 Å². The molecule has 3 aliphatic carbocycles. The van der Waals surface area contributed by atoms with E-state index in [-0.39, 0.29) is 23.7 Å². The van der Waals surface area contributed by atoms with E-state index in [0.717, 1.165) is 82.1 Å². The van der Waals surface area contributed by atoms with Gasteiger partial charge in [0, 0.05) is 32.0 Å². The normalized spacial score (nSPS) is 26.6. The molecule has 1 aliphatic heterocycles. The average molecular weight is 453 g/mol. The lowest BCUT2D eigenvalue weighted by Crippen LogP contribution is -2.44. The Morgan fingerprint density at radius 2 is 1.88 bits per heavy atom. The fourth-order valence-electron chi connectivity index (χ4n) is 6.30. The Morgan fingerprint density at radius 3 is 2.61 bits per heavy atom. The van der Waals surface area contributed by atoms with Gasteiger partial charge in [0.25, 0.3) is 0 Å². The zero-order valence-corrected chi connectivity index (χ0v) is 20.0. The minimum Gasteiger partial charge on any atom is -0.474 e. The maximum Gasteiger partial charge on any atom is 0.236 e. The van der Waals surface area contributed by atoms with E-state index < -0.39 is 0 Å². The predicted molar refractivity (Wildman–Crippen MR) is 126 cm³/mol. The third-order valence-corrected chi connectivity index (χ3v) is 8.05. The molecule has 1 atom stereocenters. The highest BCUT2D eigenvalue weighted by atomic mass is 16.5. The molecule has 2 fully saturated rings. The topological polar surface area (TPSA) is 75.6 Å². The van der Waals surface area contributed by atoms with Gasteiger partial charge in [-0.15, -0.1) is 0 Å². The highest BCUT2D eigenvalue weighted by Crippen LogP contribution is 2.50. The first kappa shape index (κ1) is 22.5. The van der Waals surface area contributed by atoms with E-state index in [0.29, 0.717) is 24.9 Å². The molecular formula is C26H36N4O3. The van der Waals surface area contributed by atoms with Gasteiger partial charge in [0.05, 0.1) is 17.8 Å². The van der Waals surface area contributed by atoms with Gasteiger partial charge in [0.2, 0.25) is 11.8 Å². The van der Waals surface area contributed by atoms with Crippen LogP contribution in [0.3, 0.4) is 0 Å². The van der Waals surface area contributed by atoms with Crippen molar-refractivity contribution in [1.29, 1.82) is 0 Å². The number of hydrogen-bond donors (Lipinski definition) is 0. The molecule has 1 aromatic rings. The number of aromatic nitrogens is 2. The second kappa shape index (κ2) is 9.53. The largest absolute Gasteiger partial charge is 0.474 e. The van der Waals surface area contributed by atoms with Gasteiger partial charge >= 0.3 is 0 Å². The van der Waals surface area contributed by atoms with Gasteiger partial charge in [0.1, 0.15) is 18.2 Å². The fraction of sp³-hybridized carbons (Fsp3) is 0.692. The van der Waals surface area contributed by atoms with Crippen molar-refractivity contribution in [2.45, 2.75) is 83.3 Å². The molecule has 4 aliphatic rings. The first-order valence-corrected chi connectivity index (χ1v) is 12.7. The number of carbonyl (C=O) groups excluding carboxylic acids is 2. The van der Waals surface area contributed by atoms with Crippen molar-refractivity contribution in [3.8, 4) is 5.88 Å². The number of carbonyl (C=O) groups is 2. The van der Waals surface area contributed by atoms with Crippen molar-refractivity contribution in [1.82, 2.24) is 19.8 Å². The summed E-state index contributed by atoms with van der Waals surface area (Å²) in [4.78, 5) is 37.7. The van der Waals surface area contributed by atoms with Crippen LogP contribution in [0.25, 0.3) is 5.57 Å². The second-order valence-corrected chi connectivity index (χ2v) is 10.4. The van der Waals surface area contributed by atoms with E-state index in [1.165, 1.54) is 11.1 Å². The van der Waals surface area contributed by atoms with E-state index in [1.54, 1.807) is 13.3 Å². The fourth-order valence-corrected chi connectivity index (χ4v) is 6.30. The average Bonchev–Trinajstić information content (AvgIpc) is 3.52. The number of nitrogens with zero attached hydrogens (tertiary/aromatic N) is 4. The number of Topliss-reactive ketones (excluding diaryl/α,β-unsaturated/α-hetero) is 1. The maximum absolute atomic E-state index is 12.5. The van der Waals surface area contributed by atoms with Crippen LogP contribution in [-0.2, 0) is 16.0 Å². The van der Waals surface area contributed by atoms with E-state index >= 15 is 0 Å². The number of ether oxygens (including phenoxy) is 1. The second-order valence-electron chi connectivity index (χ2n) is 10.4. The standard InChI is InChI=1S/C26H36N4O3/c1-17(31)13-18-5-6-19-14-22-25(24(18)19)26(28-16-27-22)33-21-9-7-20(8-10-21)29(2)15-23(32)30-11-3-4-12-30/h16,18,20-21H,3-15H2,1-2H3/t18-,20?,21?/m1/s1. The lowest BCUT2D eigenvalue weighted by Gasteiger charge is -2.35. The summed E-state index contributed by atoms with van der Waals surface area (Å²) in [5.74, 6) is 1.50. The smallest absolute Gasteiger partial charge is 0.236 e. The Morgan fingerprint density at radius 1 is 1.12 bits per heavy atom. The van der Waals surface area contributed by atoms with E-state index in [1.807, 2.05) is 4.90 Å². The molecule has 0 radical (unpaired) electrons. The third kappa shape index (κ3) is 4.70. The molecular weight excluding hydrogens is 416 g/mol. The quantitative estimate of drug-likeness (QED) is 0.631. The lowest BCUT2D eigenvalue weighted by atomic mass is 9.91. The lowest BCUT2D eigenvalue weighted by molar-refractivity contribution is -0.131. The number of hydrogen-bond acceptors (Lipinski definition) is 6. The number of allylic oxidation sites excluding steroid dienone is 2. The highest BCUT2D eigenvalue weighted by molar-refractivity contribution is 5.85. The van der Waals surface area contributed by atoms with Gasteiger partial charge < -0.3 is 14.4 Å². The first-order chi connectivity index (χ1) is 16.0. The van der Waals surface area contributed by atoms with Crippen molar-refractivity contribution < 1.29 is 14.3 Å². The molecule has 0 unspecified atom stereocenters. The van der Waals surface area contributed by atoms with Crippen molar-refractivity contribution in [2.24, 2.45) is 5.92 Å². The van der Waals surface area contributed by atoms with Crippen LogP contribution < -0.4 is 4.74 Å². The molecule has 0 aromatic carbocycles. The minimum absolute atomic E-state index is 0.139. The van der Waals surface area contributed by atoms with Crippen molar-refractivity contribution in [3.05, 3.63) is 23.2 Å². The van der Waals surface area contributed by atoms with Crippen LogP contribution >= 0.6 is 0 Å². The van der Waals surface area contributed by atoms with Crippen molar-refractivity contribution in [3.63, 3.8) is 0 Å². The number of rotatable bonds is 7. The summed E-state index contributed by atoms with van der Waals surface area (Å²) in [6, 6.07) is 0.427. The number of likely N-dealkylation sites (tertiary alicyclic amines) is 1. The molecule has 1 amide bonds. The number of likely N-dealkylation sites (N-methyl/N-ethyl adjacent to an activating group) is 1. The predicted octanol–water partition coefficient (Wildman–Crippen LogP) is 3.42. The van der Waals surface area contributed by atoms with E-state index in [9.17, 15) is 9.59 Å². The zero-order chi connectivity index (χ0) is 22.9. The molecule has 1 aromatic heterocycles. The molecule has 7 nitrogen and oxygen atoms in total. The molecule has 33 heavy (non-hydrogen) atoms. The van der Waals surface area contributed by atoms with E-state index in [2.05, 4.69) is 21.9 Å². The first-order valence-electron chi connectivity index (χ1n) is 12.7. The molecule has 178 valence electrons. The Hall–Kier alpha value is -2.28. The molecule has 1 saturated heterocycles. The third-order valence-electron chi connectivity index (χ3n) is 8.05. The molecule has 0 N–H and O–H groups in total. The van der Waals surface area contributed by atoms with Crippen LogP contribution in [0, 0.1) is 5.92 Å². The number of fused-ring (bicyclic) bond motifs is 2. The molecule has 7 heteroatoms. The van der Waals surface area contributed by atoms with Crippen molar-refractivity contribution in [2.75, 3.05) is 26.7 Å². The summed E-state index contributed by atoms with van der Waals surface area (Å²) in [6.07, 6.45) is 11.6. The Bertz CT molecular complexity index is 945. The van der Waals surface area contributed by atoms with Gasteiger partial charge in [-0.1, -0.05) is 5.57 Å². The Balaban J connectivity index is 1.20. The Kier molecular flexibility index (Phi) is 6.50. The molecule has 1 saturated carbocycles. The summed E-state index contributed by atoms with van der Waals surface area (Å²) < 4.78 is 6.49. The summed E-state index contributed by atoms with van der Waals surface area (Å²) >= 11 is 0. The van der Waals surface area contributed by atoms with Crippen LogP contribution in [0.1, 0.15) is 76.0 Å². The van der Waals surface area contributed by atoms with Crippen LogP contribution in [-0.4, -0.2) is 70.3 Å². The Labute approximate surface area is 196 Å². The van der Waals surface area contributed by atoms with Gasteiger partial charge in [-0.25, -0.2) is 9.97 Å². The number of ketones is 1. The molecule has 0 spiro atoms. The van der Waals surface area contributed by atoms with Gasteiger partial charge in [-0.3, -0.25) is 9.69 Å². The summed E-state index contributed by atoms with van der Waals surface area (Å²) in [7, 11) is 2.08. The number of amides is 1.